The maximum atomic E-state index is 11.8. The molecule has 0 radical (unpaired) electrons. The van der Waals surface area contributed by atoms with E-state index >= 15 is 0 Å². The Morgan fingerprint density at radius 2 is 2.12 bits per heavy atom. The number of carbonyl (C=O) groups is 1. The summed E-state index contributed by atoms with van der Waals surface area (Å²) < 4.78 is 0. The average Bonchev–Trinajstić information content (AvgIpc) is 2.23. The first-order valence-corrected chi connectivity index (χ1v) is 5.27. The fourth-order valence-electron chi connectivity index (χ4n) is 1.61. The van der Waals surface area contributed by atoms with Crippen LogP contribution in [0.1, 0.15) is 10.4 Å². The van der Waals surface area contributed by atoms with Crippen LogP contribution < -0.4 is 0 Å². The van der Waals surface area contributed by atoms with Crippen molar-refractivity contribution in [2.24, 2.45) is 0 Å². The van der Waals surface area contributed by atoms with Crippen molar-refractivity contribution in [2.45, 2.75) is 6.10 Å². The molecule has 1 N–H and O–H groups in total. The molecule has 1 aliphatic heterocycles. The predicted molar refractivity (Wildman–Crippen MR) is 60.0 cm³/mol. The molecule has 2 rings (SSSR count). The molecule has 1 saturated heterocycles. The van der Waals surface area contributed by atoms with Gasteiger partial charge in [-0.15, -0.1) is 0 Å². The van der Waals surface area contributed by atoms with Gasteiger partial charge in [-0.2, -0.15) is 0 Å². The zero-order valence-electron chi connectivity index (χ0n) is 8.67. The van der Waals surface area contributed by atoms with Gasteiger partial charge in [-0.3, -0.25) is 14.9 Å². The molecule has 1 aromatic carbocycles. The van der Waals surface area contributed by atoms with Crippen LogP contribution in [0.3, 0.4) is 0 Å². The quantitative estimate of drug-likeness (QED) is 0.634. The van der Waals surface area contributed by atoms with Crippen LogP contribution in [-0.4, -0.2) is 40.0 Å². The number of hydrogen-bond donors (Lipinski definition) is 1. The van der Waals surface area contributed by atoms with Crippen LogP contribution in [0.15, 0.2) is 18.2 Å². The van der Waals surface area contributed by atoms with E-state index in [0.29, 0.717) is 0 Å². The van der Waals surface area contributed by atoms with E-state index in [9.17, 15) is 14.9 Å². The molecule has 1 aliphatic rings. The lowest BCUT2D eigenvalue weighted by molar-refractivity contribution is -0.384. The molecule has 0 saturated carbocycles. The van der Waals surface area contributed by atoms with Gasteiger partial charge < -0.3 is 10.0 Å². The summed E-state index contributed by atoms with van der Waals surface area (Å²) in [6, 6.07) is 3.74. The highest BCUT2D eigenvalue weighted by Gasteiger charge is 2.30. The predicted octanol–water partition coefficient (Wildman–Crippen LogP) is 1.06. The van der Waals surface area contributed by atoms with Crippen molar-refractivity contribution < 1.29 is 14.8 Å². The highest BCUT2D eigenvalue weighted by molar-refractivity contribution is 6.31. The minimum absolute atomic E-state index is 0.142. The molecule has 0 spiro atoms. The molecule has 1 fully saturated rings. The number of benzene rings is 1. The standard InChI is InChI=1S/C10H9ClN2O4/c11-7-1-6(2-8(3-7)13(16)17)10(15)12-4-9(14)5-12/h1-3,9,14H,4-5H2. The first kappa shape index (κ1) is 11.8. The number of β-amino-alcohol motifs (C(OH)–C–C–N with tert-alkyl or cyclic N) is 1. The number of amides is 1. The summed E-state index contributed by atoms with van der Waals surface area (Å²) in [4.78, 5) is 23.2. The molecule has 6 nitrogen and oxygen atoms in total. The maximum absolute atomic E-state index is 11.8. The van der Waals surface area contributed by atoms with Crippen molar-refractivity contribution in [1.82, 2.24) is 4.90 Å². The van der Waals surface area contributed by atoms with Gasteiger partial charge in [0.2, 0.25) is 0 Å². The molecule has 17 heavy (non-hydrogen) atoms. The van der Waals surface area contributed by atoms with E-state index in [2.05, 4.69) is 0 Å². The van der Waals surface area contributed by atoms with Crippen molar-refractivity contribution >= 4 is 23.2 Å². The maximum Gasteiger partial charge on any atom is 0.271 e. The third kappa shape index (κ3) is 2.37. The second-order valence-corrected chi connectivity index (χ2v) is 4.26. The Labute approximate surface area is 102 Å². The number of carbonyl (C=O) groups excluding carboxylic acids is 1. The fourth-order valence-corrected chi connectivity index (χ4v) is 1.84. The summed E-state index contributed by atoms with van der Waals surface area (Å²) in [7, 11) is 0. The Morgan fingerprint density at radius 3 is 2.65 bits per heavy atom. The molecule has 1 heterocycles. The minimum atomic E-state index is -0.604. The molecule has 0 bridgehead atoms. The van der Waals surface area contributed by atoms with Crippen molar-refractivity contribution in [1.29, 1.82) is 0 Å². The van der Waals surface area contributed by atoms with Gasteiger partial charge in [-0.25, -0.2) is 0 Å². The van der Waals surface area contributed by atoms with E-state index in [1.54, 1.807) is 0 Å². The van der Waals surface area contributed by atoms with Crippen LogP contribution in [0.2, 0.25) is 5.02 Å². The van der Waals surface area contributed by atoms with Crippen LogP contribution in [0.4, 0.5) is 5.69 Å². The van der Waals surface area contributed by atoms with Gasteiger partial charge in [0, 0.05) is 35.8 Å². The Balaban J connectivity index is 2.26. The zero-order valence-corrected chi connectivity index (χ0v) is 9.42. The van der Waals surface area contributed by atoms with Crippen molar-refractivity contribution in [3.05, 3.63) is 38.9 Å². The number of hydrogen-bond acceptors (Lipinski definition) is 4. The molecule has 1 amide bonds. The van der Waals surface area contributed by atoms with E-state index in [1.165, 1.54) is 23.1 Å². The molecule has 0 aliphatic carbocycles. The zero-order chi connectivity index (χ0) is 12.6. The van der Waals surface area contributed by atoms with E-state index in [0.717, 1.165) is 0 Å². The highest BCUT2D eigenvalue weighted by atomic mass is 35.5. The van der Waals surface area contributed by atoms with Gasteiger partial charge in [0.15, 0.2) is 0 Å². The molecule has 0 atom stereocenters. The van der Waals surface area contributed by atoms with Crippen molar-refractivity contribution in [3.63, 3.8) is 0 Å². The lowest BCUT2D eigenvalue weighted by Gasteiger charge is -2.35. The SMILES string of the molecule is O=C(c1cc(Cl)cc([N+](=O)[O-])c1)N1CC(O)C1. The second-order valence-electron chi connectivity index (χ2n) is 3.82. The Hall–Kier alpha value is -1.66. The van der Waals surface area contributed by atoms with Crippen LogP contribution in [0, 0.1) is 10.1 Å². The van der Waals surface area contributed by atoms with Crippen LogP contribution >= 0.6 is 11.6 Å². The molecule has 0 aromatic heterocycles. The number of nitrogens with zero attached hydrogens (tertiary/aromatic N) is 2. The third-order valence-electron chi connectivity index (χ3n) is 2.49. The molecular weight excluding hydrogens is 248 g/mol. The highest BCUT2D eigenvalue weighted by Crippen LogP contribution is 2.23. The summed E-state index contributed by atoms with van der Waals surface area (Å²) in [6.45, 7) is 0.498. The summed E-state index contributed by atoms with van der Waals surface area (Å²) in [6.07, 6.45) is -0.506. The second kappa shape index (κ2) is 4.31. The number of halogens is 1. The Kier molecular flexibility index (Phi) is 2.99. The van der Waals surface area contributed by atoms with Gasteiger partial charge in [-0.05, 0) is 6.07 Å². The van der Waals surface area contributed by atoms with E-state index in [4.69, 9.17) is 16.7 Å². The first-order valence-electron chi connectivity index (χ1n) is 4.89. The molecule has 90 valence electrons. The molecule has 1 aromatic rings. The molecular formula is C10H9ClN2O4. The lowest BCUT2D eigenvalue weighted by atomic mass is 10.1. The van der Waals surface area contributed by atoms with Crippen molar-refractivity contribution in [2.75, 3.05) is 13.1 Å². The average molecular weight is 257 g/mol. The molecule has 7 heteroatoms. The Morgan fingerprint density at radius 1 is 1.47 bits per heavy atom. The fraction of sp³-hybridized carbons (Fsp3) is 0.300. The van der Waals surface area contributed by atoms with E-state index in [-0.39, 0.29) is 35.3 Å². The number of likely N-dealkylation sites (tertiary alicyclic amines) is 1. The van der Waals surface area contributed by atoms with Gasteiger partial charge in [0.05, 0.1) is 11.0 Å². The summed E-state index contributed by atoms with van der Waals surface area (Å²) in [5.74, 6) is -0.360. The third-order valence-corrected chi connectivity index (χ3v) is 2.71. The smallest absolute Gasteiger partial charge is 0.271 e. The van der Waals surface area contributed by atoms with Crippen molar-refractivity contribution in [3.8, 4) is 0 Å². The number of aliphatic hydroxyl groups is 1. The topological polar surface area (TPSA) is 83.7 Å². The van der Waals surface area contributed by atoms with Crippen LogP contribution in [-0.2, 0) is 0 Å². The van der Waals surface area contributed by atoms with Crippen LogP contribution in [0.5, 0.6) is 0 Å². The number of aliphatic hydroxyl groups excluding tert-OH is 1. The van der Waals surface area contributed by atoms with Gasteiger partial charge in [0.1, 0.15) is 0 Å². The van der Waals surface area contributed by atoms with E-state index < -0.39 is 11.0 Å². The summed E-state index contributed by atoms with van der Waals surface area (Å²) >= 11 is 5.71. The van der Waals surface area contributed by atoms with Gasteiger partial charge >= 0.3 is 0 Å². The summed E-state index contributed by atoms with van der Waals surface area (Å²) in [5.41, 5.74) is -0.0574. The first-order chi connectivity index (χ1) is 7.97. The van der Waals surface area contributed by atoms with Crippen LogP contribution in [0.25, 0.3) is 0 Å². The molecule has 0 unspecified atom stereocenters. The normalized spacial score (nSPS) is 15.5. The lowest BCUT2D eigenvalue weighted by Crippen LogP contribution is -2.53. The number of rotatable bonds is 2. The number of nitro groups is 1. The van der Waals surface area contributed by atoms with E-state index in [1.807, 2.05) is 0 Å². The minimum Gasteiger partial charge on any atom is -0.389 e. The largest absolute Gasteiger partial charge is 0.389 e. The monoisotopic (exact) mass is 256 g/mol. The summed E-state index contributed by atoms with van der Waals surface area (Å²) in [5, 5.41) is 19.8. The number of nitro benzene ring substituents is 1. The number of non-ortho nitro benzene ring substituents is 1. The van der Waals surface area contributed by atoms with Gasteiger partial charge in [0.25, 0.3) is 11.6 Å². The van der Waals surface area contributed by atoms with Gasteiger partial charge in [-0.1, -0.05) is 11.6 Å². The Bertz CT molecular complexity index is 485.